The number of thiol groups is 3. The minimum absolute atomic E-state index is 0.0642. The second-order valence-electron chi connectivity index (χ2n) is 9.81. The van der Waals surface area contributed by atoms with Crippen molar-refractivity contribution >= 4 is 43.7 Å². The predicted octanol–water partition coefficient (Wildman–Crippen LogP) is 6.11. The van der Waals surface area contributed by atoms with Crippen LogP contribution in [-0.4, -0.2) is 47.1 Å². The van der Waals surface area contributed by atoms with Crippen LogP contribution in [0.15, 0.2) is 36.5 Å². The van der Waals surface area contributed by atoms with Crippen LogP contribution < -0.4 is 9.64 Å². The molecule has 0 saturated heterocycles. The van der Waals surface area contributed by atoms with Gasteiger partial charge in [-0.05, 0) is 54.9 Å². The lowest BCUT2D eigenvalue weighted by molar-refractivity contribution is 0.130. The Kier molecular flexibility index (Phi) is 7.93. The fourth-order valence-electron chi connectivity index (χ4n) is 5.17. The Morgan fingerprint density at radius 3 is 2.50 bits per heavy atom. The van der Waals surface area contributed by atoms with Crippen molar-refractivity contribution in [3.8, 4) is 34.1 Å². The van der Waals surface area contributed by atoms with E-state index in [0.29, 0.717) is 22.5 Å². The average molecular weight is 578 g/mol. The number of aromatic hydroxyl groups is 1. The number of phenolic OH excluding ortho intramolecular Hbond substituents is 1. The molecule has 0 bridgehead atoms. The molecule has 0 amide bonds. The van der Waals surface area contributed by atoms with E-state index >= 15 is 4.39 Å². The normalized spacial score (nSPS) is 21.8. The van der Waals surface area contributed by atoms with Gasteiger partial charge in [-0.15, -0.1) is 48.1 Å². The molecular weight excluding hydrogens is 549 g/mol. The highest BCUT2D eigenvalue weighted by molar-refractivity contribution is 8.16. The number of pyridine rings is 1. The minimum Gasteiger partial charge on any atom is -0.507 e. The van der Waals surface area contributed by atoms with E-state index in [1.807, 2.05) is 6.92 Å². The van der Waals surface area contributed by atoms with Crippen LogP contribution in [0.3, 0.4) is 0 Å². The second-order valence-corrected chi connectivity index (χ2v) is 12.8. The van der Waals surface area contributed by atoms with Gasteiger partial charge >= 0.3 is 0 Å². The summed E-state index contributed by atoms with van der Waals surface area (Å²) in [4.78, 5) is 10.2. The van der Waals surface area contributed by atoms with E-state index in [1.165, 1.54) is 18.2 Å². The van der Waals surface area contributed by atoms with Crippen molar-refractivity contribution in [3.05, 3.63) is 42.5 Å². The lowest BCUT2D eigenvalue weighted by Crippen LogP contribution is -2.49. The SMILES string of the molecule is CC[C@@H]1CCC[C@H](N(c2cnc(-c3ccc(-c4cc(F)nc(OC(S)(S)S)c4)cc3O)nn2)C2CC2)[C@@H]1F. The number of halogens is 2. The average Bonchev–Trinajstić information content (AvgIpc) is 3.69. The quantitative estimate of drug-likeness (QED) is 0.146. The summed E-state index contributed by atoms with van der Waals surface area (Å²) < 4.78 is 33.3. The first-order valence-electron chi connectivity index (χ1n) is 12.6. The zero-order valence-electron chi connectivity index (χ0n) is 20.7. The van der Waals surface area contributed by atoms with Crippen LogP contribution in [0.25, 0.3) is 22.5 Å². The Bertz CT molecular complexity index is 1290. The summed E-state index contributed by atoms with van der Waals surface area (Å²) >= 11 is 12.1. The molecule has 2 fully saturated rings. The number of anilines is 1. The Morgan fingerprint density at radius 2 is 1.87 bits per heavy atom. The molecule has 12 heteroatoms. The topological polar surface area (TPSA) is 84.3 Å². The number of hydrogen-bond acceptors (Lipinski definition) is 10. The largest absolute Gasteiger partial charge is 0.507 e. The third kappa shape index (κ3) is 6.12. The van der Waals surface area contributed by atoms with Crippen molar-refractivity contribution in [2.24, 2.45) is 5.92 Å². The molecule has 1 N–H and O–H groups in total. The Hall–Kier alpha value is -2.31. The summed E-state index contributed by atoms with van der Waals surface area (Å²) in [5, 5.41) is 19.4. The summed E-state index contributed by atoms with van der Waals surface area (Å²) in [5.74, 6) is -0.0865. The molecule has 202 valence electrons. The molecule has 3 aromatic rings. The number of benzene rings is 1. The lowest BCUT2D eigenvalue weighted by atomic mass is 9.81. The highest BCUT2D eigenvalue weighted by atomic mass is 32.2. The maximum absolute atomic E-state index is 15.4. The van der Waals surface area contributed by atoms with Gasteiger partial charge in [0, 0.05) is 18.2 Å². The first-order valence-corrected chi connectivity index (χ1v) is 14.0. The van der Waals surface area contributed by atoms with Crippen molar-refractivity contribution in [3.63, 3.8) is 0 Å². The lowest BCUT2D eigenvalue weighted by Gasteiger charge is -2.40. The number of aromatic nitrogens is 4. The number of nitrogens with zero attached hydrogens (tertiary/aromatic N) is 5. The van der Waals surface area contributed by atoms with Crippen molar-refractivity contribution in [1.29, 1.82) is 0 Å². The molecule has 0 unspecified atom stereocenters. The monoisotopic (exact) mass is 577 g/mol. The molecule has 5 rings (SSSR count). The Morgan fingerprint density at radius 1 is 1.08 bits per heavy atom. The zero-order chi connectivity index (χ0) is 27.0. The first kappa shape index (κ1) is 27.3. The summed E-state index contributed by atoms with van der Waals surface area (Å²) in [6.45, 7) is 2.05. The summed E-state index contributed by atoms with van der Waals surface area (Å²) in [5.41, 5.74) is 1.30. The third-order valence-electron chi connectivity index (χ3n) is 7.11. The van der Waals surface area contributed by atoms with Gasteiger partial charge in [0.15, 0.2) is 11.6 Å². The molecule has 2 aliphatic rings. The van der Waals surface area contributed by atoms with Crippen molar-refractivity contribution in [1.82, 2.24) is 20.2 Å². The molecule has 1 aromatic carbocycles. The summed E-state index contributed by atoms with van der Waals surface area (Å²) in [6.07, 6.45) is 6.26. The van der Waals surface area contributed by atoms with E-state index < -0.39 is 15.7 Å². The molecular formula is C26H29F2N5O2S3. The molecule has 0 radical (unpaired) electrons. The van der Waals surface area contributed by atoms with E-state index in [9.17, 15) is 9.50 Å². The molecule has 2 heterocycles. The number of hydrogen-bond donors (Lipinski definition) is 4. The summed E-state index contributed by atoms with van der Waals surface area (Å²) in [6, 6.07) is 7.53. The molecule has 38 heavy (non-hydrogen) atoms. The highest BCUT2D eigenvalue weighted by Gasteiger charge is 2.42. The van der Waals surface area contributed by atoms with Crippen LogP contribution in [0.2, 0.25) is 0 Å². The summed E-state index contributed by atoms with van der Waals surface area (Å²) in [7, 11) is 0. The van der Waals surface area contributed by atoms with Gasteiger partial charge in [0.2, 0.25) is 15.4 Å². The van der Waals surface area contributed by atoms with Crippen molar-refractivity contribution in [2.45, 2.75) is 67.3 Å². The fraction of sp³-hybridized carbons (Fsp3) is 0.462. The number of phenols is 1. The van der Waals surface area contributed by atoms with Crippen molar-refractivity contribution < 1.29 is 18.6 Å². The van der Waals surface area contributed by atoms with Crippen LogP contribution >= 0.6 is 37.9 Å². The number of alkyl halides is 1. The standard InChI is InChI=1S/C26H29F2N5O2S3/c1-2-14-4-3-5-19(24(14)28)33(17-7-8-17)22-13-29-25(32-31-22)18-9-6-15(10-20(18)34)16-11-21(27)30-23(12-16)35-26(36,37)38/h6,9-14,17,19,24,34,36-38H,2-5,7-8H2,1H3/t14-,19+,24-/m1/s1. The van der Waals surface area contributed by atoms with Crippen LogP contribution in [0, 0.1) is 11.9 Å². The van der Waals surface area contributed by atoms with E-state index in [2.05, 4.69) is 63.0 Å². The minimum atomic E-state index is -1.45. The fourth-order valence-corrected chi connectivity index (χ4v) is 5.45. The molecule has 2 aliphatic carbocycles. The van der Waals surface area contributed by atoms with Gasteiger partial charge in [-0.2, -0.15) is 9.37 Å². The van der Waals surface area contributed by atoms with Gasteiger partial charge in [0.1, 0.15) is 11.9 Å². The number of ether oxygens (including phenoxy) is 1. The van der Waals surface area contributed by atoms with E-state index in [0.717, 1.165) is 38.5 Å². The maximum atomic E-state index is 15.4. The Balaban J connectivity index is 1.38. The molecule has 3 atom stereocenters. The molecule has 2 saturated carbocycles. The zero-order valence-corrected chi connectivity index (χ0v) is 23.4. The van der Waals surface area contributed by atoms with Crippen LogP contribution in [0.1, 0.15) is 45.4 Å². The van der Waals surface area contributed by atoms with E-state index in [1.54, 1.807) is 18.3 Å². The van der Waals surface area contributed by atoms with Crippen LogP contribution in [-0.2, 0) is 0 Å². The van der Waals surface area contributed by atoms with Gasteiger partial charge in [-0.1, -0.05) is 25.8 Å². The van der Waals surface area contributed by atoms with Crippen LogP contribution in [0.4, 0.5) is 14.6 Å². The Labute approximate surface area is 236 Å². The van der Waals surface area contributed by atoms with Crippen LogP contribution in [0.5, 0.6) is 11.6 Å². The van der Waals surface area contributed by atoms with Gasteiger partial charge in [-0.3, -0.25) is 0 Å². The molecule has 0 aliphatic heterocycles. The molecule has 2 aromatic heterocycles. The maximum Gasteiger partial charge on any atom is 0.242 e. The highest BCUT2D eigenvalue weighted by Crippen LogP contribution is 2.40. The van der Waals surface area contributed by atoms with Gasteiger partial charge < -0.3 is 14.7 Å². The van der Waals surface area contributed by atoms with Gasteiger partial charge in [0.05, 0.1) is 17.8 Å². The second kappa shape index (κ2) is 11.1. The smallest absolute Gasteiger partial charge is 0.242 e. The molecule has 0 spiro atoms. The van der Waals surface area contributed by atoms with Crippen molar-refractivity contribution in [2.75, 3.05) is 4.90 Å². The van der Waals surface area contributed by atoms with E-state index in [4.69, 9.17) is 4.74 Å². The third-order valence-corrected chi connectivity index (χ3v) is 7.39. The van der Waals surface area contributed by atoms with E-state index in [-0.39, 0.29) is 35.5 Å². The first-order chi connectivity index (χ1) is 18.1. The predicted molar refractivity (Wildman–Crippen MR) is 152 cm³/mol. The molecule has 7 nitrogen and oxygen atoms in total. The van der Waals surface area contributed by atoms with Gasteiger partial charge in [0.25, 0.3) is 0 Å². The number of rotatable bonds is 8. The van der Waals surface area contributed by atoms with Gasteiger partial charge in [-0.25, -0.2) is 9.37 Å².